The molecule has 6 rings (SSSR count). The fourth-order valence-electron chi connectivity index (χ4n) is 16.6. The van der Waals surface area contributed by atoms with Crippen molar-refractivity contribution < 1.29 is 91.5 Å². The van der Waals surface area contributed by atoms with E-state index >= 15 is 0 Å². The van der Waals surface area contributed by atoms with Gasteiger partial charge in [0.15, 0.2) is 29.9 Å². The van der Waals surface area contributed by atoms with Crippen LogP contribution in [0.2, 0.25) is 0 Å². The molecule has 696 valence electrons. The standard InChI is InChI=1S/2C31H58O6.C21H40O4.C12H20Cl3NO3/c2*1-8-9-10-11-12-13-14-15-16-17-18-19-20-27-29(37-31(5,6)36-27)26(32)21-34-30-25(4)23(2)24(3)28(35-30)22-33-7;1-4-5-6-7-8-9-10-11-12-13-14-15-16-19-20(18(23)17-22)25-21(2,3)24-19;1-6-7(2)9(5-17-4)18-10(8(6)3)19-11(16)12(13,14)15/h2*19-20,23-30,32H,8-18,21-22H2,1-7H3;15-16,18-20,22-23H,4-14,17H2,1-3H3;6-10,16H,5H2,1-4H3/t2*23?,24?,25?,26-,27+,28?,29-,30?;18-,19+,20-;/m000./s1. The molecular weight excluding hydrogens is 1570 g/mol. The number of rotatable bonds is 53. The zero-order chi connectivity index (χ0) is 87.9. The van der Waals surface area contributed by atoms with Gasteiger partial charge in [-0.25, -0.2) is 0 Å². The summed E-state index contributed by atoms with van der Waals surface area (Å²) in [5.41, 5.74) is 0. The lowest BCUT2D eigenvalue weighted by Gasteiger charge is -2.43. The lowest BCUT2D eigenvalue weighted by Crippen LogP contribution is -2.49. The van der Waals surface area contributed by atoms with Crippen LogP contribution in [0, 0.1) is 58.7 Å². The summed E-state index contributed by atoms with van der Waals surface area (Å²) in [5.74, 6) is 0.252. The van der Waals surface area contributed by atoms with Gasteiger partial charge in [0.25, 0.3) is 3.79 Å². The Morgan fingerprint density at radius 1 is 0.364 bits per heavy atom. The van der Waals surface area contributed by atoms with Crippen LogP contribution in [0.3, 0.4) is 0 Å². The van der Waals surface area contributed by atoms with Crippen LogP contribution < -0.4 is 0 Å². The van der Waals surface area contributed by atoms with Crippen LogP contribution in [0.1, 0.15) is 337 Å². The fourth-order valence-corrected chi connectivity index (χ4v) is 16.8. The predicted octanol–water partition coefficient (Wildman–Crippen LogP) is 22.4. The molecule has 6 saturated heterocycles. The molecule has 5 N–H and O–H groups in total. The molecule has 0 saturated carbocycles. The van der Waals surface area contributed by atoms with Crippen molar-refractivity contribution in [2.75, 3.05) is 61.0 Å². The molecule has 0 aliphatic carbocycles. The number of unbranched alkanes of at least 4 members (excludes halogenated alkanes) is 30. The number of alkyl halides is 3. The van der Waals surface area contributed by atoms with Crippen molar-refractivity contribution >= 4 is 40.7 Å². The molecule has 6 aliphatic rings. The van der Waals surface area contributed by atoms with Crippen molar-refractivity contribution in [1.82, 2.24) is 0 Å². The van der Waals surface area contributed by atoms with Gasteiger partial charge in [0, 0.05) is 39.1 Å². The SMILES string of the molecule is CCCCCCCCCCCCC=C[C@H]1OC(C)(C)O[C@H]1[C@@H](O)CO.CCCCCCCCCCCCC=C[C@H]1OC(C)(C)O[C@H]1[C@@H](O)COC1OC(COC)C(C)C(C)C1C.CCCCCCCCCCCCC=C[C@H]1OC(C)(C)O[C@H]1[C@@H](O)COC1OC(COC)C(C)C(C)C1C.COCC1OC(OC(=N)C(Cl)(Cl)Cl)C(C)C(C)C1C. The van der Waals surface area contributed by atoms with Gasteiger partial charge in [-0.3, -0.25) is 5.41 Å². The minimum Gasteiger partial charge on any atom is -0.448 e. The zero-order valence-corrected chi connectivity index (χ0v) is 80.2. The van der Waals surface area contributed by atoms with Gasteiger partial charge in [0.1, 0.15) is 54.9 Å². The van der Waals surface area contributed by atoms with Crippen molar-refractivity contribution in [3.05, 3.63) is 36.5 Å². The maximum Gasteiger partial charge on any atom is 0.265 e. The number of aliphatic hydroxyl groups excluding tert-OH is 4. The second-order valence-corrected chi connectivity index (χ2v) is 38.9. The van der Waals surface area contributed by atoms with E-state index in [0.29, 0.717) is 55.3 Å². The summed E-state index contributed by atoms with van der Waals surface area (Å²) in [5, 5.41) is 48.6. The number of hydrogen-bond donors (Lipinski definition) is 5. The van der Waals surface area contributed by atoms with Gasteiger partial charge in [0.05, 0.1) is 58.0 Å². The predicted molar refractivity (Wildman–Crippen MR) is 478 cm³/mol. The summed E-state index contributed by atoms with van der Waals surface area (Å²) in [6.07, 6.45) is 49.6. The average Bonchev–Trinajstić information content (AvgIpc) is 0.817. The highest BCUT2D eigenvalue weighted by Crippen LogP contribution is 2.42. The third-order valence-corrected chi connectivity index (χ3v) is 25.8. The highest BCUT2D eigenvalue weighted by atomic mass is 35.6. The van der Waals surface area contributed by atoms with Gasteiger partial charge in [-0.05, 0) is 116 Å². The molecule has 0 spiro atoms. The van der Waals surface area contributed by atoms with Gasteiger partial charge in [0.2, 0.25) is 12.2 Å². The van der Waals surface area contributed by atoms with Crippen molar-refractivity contribution in [3.63, 3.8) is 0 Å². The third kappa shape index (κ3) is 43.1. The number of hydrogen-bond acceptors (Lipinski definition) is 20. The normalized spacial score (nSPS) is 31.5. The summed E-state index contributed by atoms with van der Waals surface area (Å²) in [4.78, 5) is 0. The summed E-state index contributed by atoms with van der Waals surface area (Å²) < 4.78 is 85.7. The van der Waals surface area contributed by atoms with E-state index in [-0.39, 0.29) is 86.8 Å². The molecule has 6 aliphatic heterocycles. The highest BCUT2D eigenvalue weighted by Gasteiger charge is 2.49. The first-order valence-corrected chi connectivity index (χ1v) is 47.9. The molecule has 24 atom stereocenters. The quantitative estimate of drug-likeness (QED) is 0.0125. The van der Waals surface area contributed by atoms with Gasteiger partial charge >= 0.3 is 0 Å². The first-order valence-electron chi connectivity index (χ1n) is 46.8. The van der Waals surface area contributed by atoms with E-state index in [1.54, 1.807) is 21.3 Å². The number of aliphatic hydroxyl groups is 4. The first kappa shape index (κ1) is 111. The second-order valence-electron chi connectivity index (χ2n) is 36.6. The maximum atomic E-state index is 11.0. The van der Waals surface area contributed by atoms with Crippen LogP contribution >= 0.6 is 34.8 Å². The molecule has 6 heterocycles. The van der Waals surface area contributed by atoms with Gasteiger partial charge in [-0.2, -0.15) is 0 Å². The van der Waals surface area contributed by atoms with Gasteiger partial charge < -0.3 is 91.5 Å². The largest absolute Gasteiger partial charge is 0.448 e. The van der Waals surface area contributed by atoms with Gasteiger partial charge in [-0.1, -0.05) is 328 Å². The van der Waals surface area contributed by atoms with Crippen LogP contribution in [0.5, 0.6) is 0 Å². The number of methoxy groups -OCH3 is 3. The van der Waals surface area contributed by atoms with Crippen LogP contribution in [0.25, 0.3) is 0 Å². The Morgan fingerprint density at radius 3 is 0.864 bits per heavy atom. The Bertz CT molecular complexity index is 2500. The van der Waals surface area contributed by atoms with Crippen LogP contribution in [0.4, 0.5) is 0 Å². The molecule has 0 aromatic rings. The molecule has 0 aromatic heterocycles. The topological polar surface area (TPSA) is 243 Å². The monoisotopic (exact) mass is 1740 g/mol. The first-order chi connectivity index (χ1) is 56.1. The average molecular weight is 1740 g/mol. The van der Waals surface area contributed by atoms with Crippen molar-refractivity contribution in [1.29, 1.82) is 5.41 Å². The molecule has 20 nitrogen and oxygen atoms in total. The van der Waals surface area contributed by atoms with E-state index in [0.717, 1.165) is 19.3 Å². The number of allylic oxidation sites excluding steroid dienone is 3. The minimum atomic E-state index is -1.87. The lowest BCUT2D eigenvalue weighted by atomic mass is 9.79. The summed E-state index contributed by atoms with van der Waals surface area (Å²) in [6.45, 7) is 39.0. The van der Waals surface area contributed by atoms with Crippen molar-refractivity contribution in [3.8, 4) is 0 Å². The lowest BCUT2D eigenvalue weighted by molar-refractivity contribution is -0.264. The number of ether oxygens (including phenoxy) is 15. The Hall–Kier alpha value is -1.16. The Morgan fingerprint density at radius 2 is 0.610 bits per heavy atom. The van der Waals surface area contributed by atoms with Gasteiger partial charge in [-0.15, -0.1) is 0 Å². The van der Waals surface area contributed by atoms with Crippen LogP contribution in [0.15, 0.2) is 36.5 Å². The Balaban J connectivity index is 0.000000420. The number of halogens is 3. The van der Waals surface area contributed by atoms with Crippen LogP contribution in [-0.2, 0) is 71.1 Å². The number of nitrogens with one attached hydrogen (secondary N) is 1. The minimum absolute atomic E-state index is 0.00943. The molecule has 23 heteroatoms. The summed E-state index contributed by atoms with van der Waals surface area (Å²) in [7, 11) is 5.02. The molecule has 0 aromatic carbocycles. The van der Waals surface area contributed by atoms with E-state index in [1.165, 1.54) is 193 Å². The third-order valence-electron chi connectivity index (χ3n) is 25.3. The molecule has 15 unspecified atom stereocenters. The molecule has 118 heavy (non-hydrogen) atoms. The molecular formula is C95H176Cl3NO19. The molecule has 0 bridgehead atoms. The maximum absolute atomic E-state index is 11.0. The smallest absolute Gasteiger partial charge is 0.265 e. The van der Waals surface area contributed by atoms with Crippen LogP contribution in [-0.4, -0.2) is 201 Å². The molecule has 0 radical (unpaired) electrons. The molecule has 6 fully saturated rings. The van der Waals surface area contributed by atoms with E-state index in [1.807, 2.05) is 54.5 Å². The van der Waals surface area contributed by atoms with Crippen molar-refractivity contribution in [2.24, 2.45) is 53.3 Å². The highest BCUT2D eigenvalue weighted by molar-refractivity contribution is 6.76. The van der Waals surface area contributed by atoms with E-state index in [2.05, 4.69) is 107 Å². The second kappa shape index (κ2) is 61.3. The summed E-state index contributed by atoms with van der Waals surface area (Å²) in [6, 6.07) is 0. The van der Waals surface area contributed by atoms with E-state index < -0.39 is 70.0 Å². The van der Waals surface area contributed by atoms with E-state index in [4.69, 9.17) is 116 Å². The molecule has 0 amide bonds. The van der Waals surface area contributed by atoms with E-state index in [9.17, 15) is 15.3 Å². The Labute approximate surface area is 733 Å². The summed E-state index contributed by atoms with van der Waals surface area (Å²) >= 11 is 16.8. The van der Waals surface area contributed by atoms with Crippen molar-refractivity contribution in [2.45, 2.75) is 450 Å². The fraction of sp³-hybridized carbons (Fsp3) is 0.926. The Kier molecular flexibility index (Phi) is 57.7. The zero-order valence-electron chi connectivity index (χ0n) is 77.9.